The highest BCUT2D eigenvalue weighted by Gasteiger charge is 2.20. The van der Waals surface area contributed by atoms with E-state index in [2.05, 4.69) is 11.4 Å². The summed E-state index contributed by atoms with van der Waals surface area (Å²) in [6.45, 7) is 4.69. The van der Waals surface area contributed by atoms with Gasteiger partial charge in [-0.15, -0.1) is 0 Å². The average Bonchev–Trinajstić information content (AvgIpc) is 2.20. The van der Waals surface area contributed by atoms with Gasteiger partial charge in [0.1, 0.15) is 0 Å². The van der Waals surface area contributed by atoms with Crippen LogP contribution in [0.4, 0.5) is 0 Å². The predicted octanol–water partition coefficient (Wildman–Crippen LogP) is 2.14. The van der Waals surface area contributed by atoms with Gasteiger partial charge >= 0.3 is 0 Å². The van der Waals surface area contributed by atoms with Crippen LogP contribution in [0.2, 0.25) is 0 Å². The fraction of sp³-hybridized carbons (Fsp3) is 0.250. The molecule has 0 saturated heterocycles. The van der Waals surface area contributed by atoms with E-state index >= 15 is 0 Å². The first kappa shape index (κ1) is 9.00. The van der Waals surface area contributed by atoms with Crippen LogP contribution in [0.15, 0.2) is 24.3 Å². The van der Waals surface area contributed by atoms with Crippen LogP contribution in [-0.4, -0.2) is 12.5 Å². The molecule has 2 rings (SSSR count). The topological polar surface area (TPSA) is 29.1 Å². The van der Waals surface area contributed by atoms with Gasteiger partial charge in [0, 0.05) is 12.1 Å². The highest BCUT2D eigenvalue weighted by molar-refractivity contribution is 6.03. The molecule has 1 aromatic carbocycles. The van der Waals surface area contributed by atoms with E-state index in [9.17, 15) is 4.79 Å². The number of aryl methyl sites for hydroxylation is 1. The van der Waals surface area contributed by atoms with Gasteiger partial charge in [-0.05, 0) is 36.6 Å². The average molecular weight is 187 g/mol. The molecule has 2 nitrogen and oxygen atoms in total. The van der Waals surface area contributed by atoms with E-state index in [1.165, 1.54) is 11.1 Å². The third-order valence-electron chi connectivity index (χ3n) is 2.63. The standard InChI is InChI=1S/C12H13NO/c1-3-9-7-13-12(14)10-6-4-5-8(2)11(9)10/h3-6H,7H2,1-2H3,(H,13,14)/b9-3-. The van der Waals surface area contributed by atoms with Crippen molar-refractivity contribution in [3.05, 3.63) is 41.0 Å². The molecular formula is C12H13NO. The number of hydrogen-bond acceptors (Lipinski definition) is 1. The summed E-state index contributed by atoms with van der Waals surface area (Å²) < 4.78 is 0. The van der Waals surface area contributed by atoms with E-state index in [1.54, 1.807) is 0 Å². The minimum Gasteiger partial charge on any atom is -0.348 e. The first-order valence-electron chi connectivity index (χ1n) is 4.77. The fourth-order valence-corrected chi connectivity index (χ4v) is 1.89. The largest absolute Gasteiger partial charge is 0.348 e. The Labute approximate surface area is 83.6 Å². The Morgan fingerprint density at radius 1 is 1.43 bits per heavy atom. The number of carbonyl (C=O) groups is 1. The number of fused-ring (bicyclic) bond motifs is 1. The molecule has 0 unspecified atom stereocenters. The van der Waals surface area contributed by atoms with Gasteiger partial charge in [-0.3, -0.25) is 4.79 Å². The maximum Gasteiger partial charge on any atom is 0.252 e. The molecular weight excluding hydrogens is 174 g/mol. The normalized spacial score (nSPS) is 17.9. The summed E-state index contributed by atoms with van der Waals surface area (Å²) in [4.78, 5) is 11.6. The Kier molecular flexibility index (Phi) is 2.12. The van der Waals surface area contributed by atoms with E-state index in [0.29, 0.717) is 6.54 Å². The van der Waals surface area contributed by atoms with Crippen molar-refractivity contribution >= 4 is 11.5 Å². The van der Waals surface area contributed by atoms with E-state index < -0.39 is 0 Å². The summed E-state index contributed by atoms with van der Waals surface area (Å²) in [6, 6.07) is 5.84. The first-order valence-corrected chi connectivity index (χ1v) is 4.77. The number of benzene rings is 1. The van der Waals surface area contributed by atoms with E-state index in [1.807, 2.05) is 32.0 Å². The molecule has 2 heteroatoms. The van der Waals surface area contributed by atoms with Crippen molar-refractivity contribution in [1.29, 1.82) is 0 Å². The summed E-state index contributed by atoms with van der Waals surface area (Å²) >= 11 is 0. The van der Waals surface area contributed by atoms with Gasteiger partial charge in [-0.2, -0.15) is 0 Å². The van der Waals surface area contributed by atoms with Crippen molar-refractivity contribution in [1.82, 2.24) is 5.32 Å². The Bertz CT molecular complexity index is 418. The van der Waals surface area contributed by atoms with Crippen molar-refractivity contribution in [2.75, 3.05) is 6.54 Å². The minimum atomic E-state index is 0.0364. The number of nitrogens with one attached hydrogen (secondary N) is 1. The minimum absolute atomic E-state index is 0.0364. The van der Waals surface area contributed by atoms with E-state index in [4.69, 9.17) is 0 Å². The van der Waals surface area contributed by atoms with Gasteiger partial charge in [-0.25, -0.2) is 0 Å². The van der Waals surface area contributed by atoms with Crippen LogP contribution in [0.3, 0.4) is 0 Å². The van der Waals surface area contributed by atoms with Crippen molar-refractivity contribution in [3.63, 3.8) is 0 Å². The Morgan fingerprint density at radius 2 is 2.21 bits per heavy atom. The molecule has 0 bridgehead atoms. The van der Waals surface area contributed by atoms with Crippen LogP contribution >= 0.6 is 0 Å². The number of rotatable bonds is 0. The molecule has 14 heavy (non-hydrogen) atoms. The maximum atomic E-state index is 11.6. The zero-order valence-corrected chi connectivity index (χ0v) is 8.42. The lowest BCUT2D eigenvalue weighted by atomic mass is 9.91. The van der Waals surface area contributed by atoms with Gasteiger partial charge in [-0.1, -0.05) is 18.2 Å². The summed E-state index contributed by atoms with van der Waals surface area (Å²) in [5.74, 6) is 0.0364. The molecule has 0 saturated carbocycles. The molecule has 0 atom stereocenters. The highest BCUT2D eigenvalue weighted by atomic mass is 16.1. The molecule has 72 valence electrons. The maximum absolute atomic E-state index is 11.6. The second-order valence-electron chi connectivity index (χ2n) is 3.49. The molecule has 1 amide bonds. The SMILES string of the molecule is C/C=C1/CNC(=O)c2cccc(C)c21. The second-order valence-corrected chi connectivity index (χ2v) is 3.49. The van der Waals surface area contributed by atoms with Crippen molar-refractivity contribution in [2.24, 2.45) is 0 Å². The molecule has 1 heterocycles. The van der Waals surface area contributed by atoms with Crippen LogP contribution in [0.1, 0.15) is 28.4 Å². The summed E-state index contributed by atoms with van der Waals surface area (Å²) in [6.07, 6.45) is 2.06. The van der Waals surface area contributed by atoms with Crippen LogP contribution in [0.25, 0.3) is 5.57 Å². The number of amides is 1. The third kappa shape index (κ3) is 1.23. The Morgan fingerprint density at radius 3 is 2.93 bits per heavy atom. The van der Waals surface area contributed by atoms with Gasteiger partial charge in [0.25, 0.3) is 5.91 Å². The molecule has 0 spiro atoms. The second kappa shape index (κ2) is 3.29. The highest BCUT2D eigenvalue weighted by Crippen LogP contribution is 2.25. The summed E-state index contributed by atoms with van der Waals surface area (Å²) in [7, 11) is 0. The first-order chi connectivity index (χ1) is 6.74. The smallest absolute Gasteiger partial charge is 0.252 e. The lowest BCUT2D eigenvalue weighted by Crippen LogP contribution is -2.31. The number of allylic oxidation sites excluding steroid dienone is 1. The third-order valence-corrected chi connectivity index (χ3v) is 2.63. The molecule has 0 aliphatic carbocycles. The molecule has 1 aromatic rings. The summed E-state index contributed by atoms with van der Waals surface area (Å²) in [5, 5.41) is 2.86. The molecule has 0 radical (unpaired) electrons. The van der Waals surface area contributed by atoms with Crippen LogP contribution in [-0.2, 0) is 0 Å². The van der Waals surface area contributed by atoms with E-state index in [0.717, 1.165) is 11.1 Å². The summed E-state index contributed by atoms with van der Waals surface area (Å²) in [5.41, 5.74) is 4.28. The van der Waals surface area contributed by atoms with Crippen LogP contribution in [0, 0.1) is 6.92 Å². The quantitative estimate of drug-likeness (QED) is 0.662. The zero-order valence-electron chi connectivity index (χ0n) is 8.42. The Hall–Kier alpha value is -1.57. The van der Waals surface area contributed by atoms with Gasteiger partial charge in [0.05, 0.1) is 0 Å². The van der Waals surface area contributed by atoms with Crippen LogP contribution < -0.4 is 5.32 Å². The molecule has 1 N–H and O–H groups in total. The van der Waals surface area contributed by atoms with Gasteiger partial charge < -0.3 is 5.32 Å². The van der Waals surface area contributed by atoms with Crippen molar-refractivity contribution in [3.8, 4) is 0 Å². The lowest BCUT2D eigenvalue weighted by molar-refractivity contribution is 0.0955. The van der Waals surface area contributed by atoms with Gasteiger partial charge in [0.15, 0.2) is 0 Å². The van der Waals surface area contributed by atoms with Crippen LogP contribution in [0.5, 0.6) is 0 Å². The number of carbonyl (C=O) groups excluding carboxylic acids is 1. The lowest BCUT2D eigenvalue weighted by Gasteiger charge is -2.21. The molecule has 1 aliphatic heterocycles. The monoisotopic (exact) mass is 187 g/mol. The molecule has 1 aliphatic rings. The Balaban J connectivity index is 2.69. The molecule has 0 fully saturated rings. The molecule has 0 aromatic heterocycles. The van der Waals surface area contributed by atoms with Gasteiger partial charge in [0.2, 0.25) is 0 Å². The van der Waals surface area contributed by atoms with E-state index in [-0.39, 0.29) is 5.91 Å². The predicted molar refractivity (Wildman–Crippen MR) is 57.2 cm³/mol. The fourth-order valence-electron chi connectivity index (χ4n) is 1.89. The van der Waals surface area contributed by atoms with Crippen molar-refractivity contribution in [2.45, 2.75) is 13.8 Å². The zero-order chi connectivity index (χ0) is 10.1. The van der Waals surface area contributed by atoms with Crippen molar-refractivity contribution < 1.29 is 4.79 Å². The number of hydrogen-bond donors (Lipinski definition) is 1.